The molecule has 0 saturated heterocycles. The van der Waals surface area contributed by atoms with Crippen LogP contribution in [0.15, 0.2) is 47.1 Å². The van der Waals surface area contributed by atoms with E-state index in [1.807, 2.05) is 0 Å². The number of nitrogens with zero attached hydrogens (tertiary/aromatic N) is 1. The van der Waals surface area contributed by atoms with Gasteiger partial charge in [0.1, 0.15) is 6.61 Å². The van der Waals surface area contributed by atoms with Gasteiger partial charge in [-0.3, -0.25) is 0 Å². The Morgan fingerprint density at radius 2 is 2.33 bits per heavy atom. The number of ether oxygens (including phenoxy) is 1. The van der Waals surface area contributed by atoms with Crippen molar-refractivity contribution in [1.82, 2.24) is 5.32 Å². The van der Waals surface area contributed by atoms with Crippen LogP contribution < -0.4 is 10.0 Å². The van der Waals surface area contributed by atoms with Crippen LogP contribution in [0.4, 0.5) is 0 Å². The summed E-state index contributed by atoms with van der Waals surface area (Å²) in [4.78, 5) is 23.5. The molecule has 2 N–H and O–H groups in total. The monoisotopic (exact) mass is 288 g/mol. The standard InChI is InChI=1S/C14H12N2O5/c1-7-10(13(17)18)11(8-3-2-4-16(20)5-8)12-9(15-7)6-21-14(12)19/h2-5,11,15H,6H2,1H3,(H,17,18). The topological polar surface area (TPSA) is 103 Å². The number of cyclic esters (lactones) is 1. The van der Waals surface area contributed by atoms with Crippen molar-refractivity contribution < 1.29 is 24.2 Å². The Bertz CT molecular complexity index is 718. The average molecular weight is 288 g/mol. The molecule has 0 spiro atoms. The minimum absolute atomic E-state index is 0.0406. The summed E-state index contributed by atoms with van der Waals surface area (Å²) < 4.78 is 5.55. The highest BCUT2D eigenvalue weighted by atomic mass is 16.5. The van der Waals surface area contributed by atoms with E-state index in [-0.39, 0.29) is 17.8 Å². The number of allylic oxidation sites excluding steroid dienone is 1. The maximum absolute atomic E-state index is 11.9. The molecule has 3 heterocycles. The number of esters is 1. The number of dihydropyridines is 1. The Balaban J connectivity index is 2.21. The van der Waals surface area contributed by atoms with E-state index in [1.165, 1.54) is 18.5 Å². The summed E-state index contributed by atoms with van der Waals surface area (Å²) in [6, 6.07) is 3.14. The Morgan fingerprint density at radius 3 is 3.00 bits per heavy atom. The minimum Gasteiger partial charge on any atom is -0.619 e. The van der Waals surface area contributed by atoms with Crippen molar-refractivity contribution in [3.05, 3.63) is 57.8 Å². The molecule has 0 bridgehead atoms. The van der Waals surface area contributed by atoms with Gasteiger partial charge in [0, 0.05) is 17.3 Å². The van der Waals surface area contributed by atoms with Crippen LogP contribution in [0.2, 0.25) is 0 Å². The predicted molar refractivity (Wildman–Crippen MR) is 69.6 cm³/mol. The van der Waals surface area contributed by atoms with Crippen molar-refractivity contribution in [2.45, 2.75) is 12.8 Å². The van der Waals surface area contributed by atoms with Crippen molar-refractivity contribution in [2.24, 2.45) is 0 Å². The van der Waals surface area contributed by atoms with E-state index in [9.17, 15) is 19.9 Å². The lowest BCUT2D eigenvalue weighted by Gasteiger charge is -2.25. The number of hydrogen-bond donors (Lipinski definition) is 2. The van der Waals surface area contributed by atoms with Crippen LogP contribution in [0.5, 0.6) is 0 Å². The van der Waals surface area contributed by atoms with Gasteiger partial charge in [-0.2, -0.15) is 4.73 Å². The van der Waals surface area contributed by atoms with Crippen LogP contribution in [0.3, 0.4) is 0 Å². The maximum atomic E-state index is 11.9. The number of carboxylic acid groups (broad SMARTS) is 1. The first-order valence-corrected chi connectivity index (χ1v) is 6.29. The Kier molecular flexibility index (Phi) is 2.90. The van der Waals surface area contributed by atoms with E-state index < -0.39 is 17.9 Å². The zero-order valence-electron chi connectivity index (χ0n) is 11.1. The zero-order valence-corrected chi connectivity index (χ0v) is 11.1. The molecule has 0 radical (unpaired) electrons. The lowest BCUT2D eigenvalue weighted by atomic mass is 9.81. The molecule has 2 aliphatic heterocycles. The second-order valence-corrected chi connectivity index (χ2v) is 4.87. The quantitative estimate of drug-likeness (QED) is 0.457. The van der Waals surface area contributed by atoms with Crippen LogP contribution in [0.25, 0.3) is 0 Å². The van der Waals surface area contributed by atoms with Crippen molar-refractivity contribution in [2.75, 3.05) is 6.61 Å². The highest BCUT2D eigenvalue weighted by Crippen LogP contribution is 2.40. The first-order chi connectivity index (χ1) is 9.99. The highest BCUT2D eigenvalue weighted by molar-refractivity contribution is 6.00. The van der Waals surface area contributed by atoms with Gasteiger partial charge in [-0.15, -0.1) is 0 Å². The minimum atomic E-state index is -1.14. The fraction of sp³-hybridized carbons (Fsp3) is 0.214. The first-order valence-electron chi connectivity index (χ1n) is 6.29. The van der Waals surface area contributed by atoms with E-state index in [4.69, 9.17) is 4.74 Å². The van der Waals surface area contributed by atoms with Gasteiger partial charge in [0.15, 0.2) is 12.4 Å². The van der Waals surface area contributed by atoms with Gasteiger partial charge in [-0.25, -0.2) is 9.59 Å². The molecule has 1 aromatic rings. The smallest absolute Gasteiger partial charge is 0.337 e. The molecular weight excluding hydrogens is 276 g/mol. The van der Waals surface area contributed by atoms with Crippen LogP contribution in [-0.4, -0.2) is 23.7 Å². The Morgan fingerprint density at radius 1 is 1.57 bits per heavy atom. The lowest BCUT2D eigenvalue weighted by Crippen LogP contribution is -2.31. The molecule has 7 heteroatoms. The van der Waals surface area contributed by atoms with E-state index in [1.54, 1.807) is 13.0 Å². The molecule has 1 aromatic heterocycles. The third-order valence-corrected chi connectivity index (χ3v) is 3.57. The summed E-state index contributed by atoms with van der Waals surface area (Å²) in [7, 11) is 0. The Labute approximate surface area is 119 Å². The van der Waals surface area contributed by atoms with Crippen LogP contribution >= 0.6 is 0 Å². The van der Waals surface area contributed by atoms with Gasteiger partial charge in [-0.1, -0.05) is 0 Å². The Hall–Kier alpha value is -2.83. The number of carbonyl (C=O) groups excluding carboxylic acids is 1. The number of rotatable bonds is 2. The molecule has 21 heavy (non-hydrogen) atoms. The summed E-state index contributed by atoms with van der Waals surface area (Å²) in [6.45, 7) is 1.70. The van der Waals surface area contributed by atoms with Crippen molar-refractivity contribution in [3.8, 4) is 0 Å². The number of carbonyl (C=O) groups is 2. The predicted octanol–water partition coefficient (Wildman–Crippen LogP) is 0.176. The van der Waals surface area contributed by atoms with E-state index in [0.29, 0.717) is 21.7 Å². The zero-order chi connectivity index (χ0) is 15.1. The largest absolute Gasteiger partial charge is 0.619 e. The van der Waals surface area contributed by atoms with Gasteiger partial charge in [-0.05, 0) is 13.0 Å². The molecule has 0 amide bonds. The molecule has 1 atom stereocenters. The number of nitrogens with one attached hydrogen (secondary N) is 1. The molecule has 0 fully saturated rings. The van der Waals surface area contributed by atoms with Crippen molar-refractivity contribution in [3.63, 3.8) is 0 Å². The van der Waals surface area contributed by atoms with Crippen molar-refractivity contribution >= 4 is 11.9 Å². The molecule has 3 rings (SSSR count). The summed E-state index contributed by atoms with van der Waals surface area (Å²) >= 11 is 0. The molecular formula is C14H12N2O5. The van der Waals surface area contributed by atoms with E-state index >= 15 is 0 Å². The molecule has 0 aromatic carbocycles. The highest BCUT2D eigenvalue weighted by Gasteiger charge is 2.42. The third-order valence-electron chi connectivity index (χ3n) is 3.57. The second-order valence-electron chi connectivity index (χ2n) is 4.87. The number of hydrogen-bond acceptors (Lipinski definition) is 5. The molecule has 0 saturated carbocycles. The number of aliphatic carboxylic acids is 1. The second kappa shape index (κ2) is 4.62. The average Bonchev–Trinajstić information content (AvgIpc) is 2.78. The molecule has 1 unspecified atom stereocenters. The number of carboxylic acids is 1. The van der Waals surface area contributed by atoms with Crippen LogP contribution in [0, 0.1) is 5.21 Å². The molecule has 2 aliphatic rings. The summed E-state index contributed by atoms with van der Waals surface area (Å²) in [5.74, 6) is -2.51. The van der Waals surface area contributed by atoms with Crippen LogP contribution in [0.1, 0.15) is 18.4 Å². The van der Waals surface area contributed by atoms with Crippen molar-refractivity contribution in [1.29, 1.82) is 0 Å². The molecule has 0 aliphatic carbocycles. The van der Waals surface area contributed by atoms with E-state index in [2.05, 4.69) is 5.32 Å². The number of aromatic nitrogens is 1. The van der Waals surface area contributed by atoms with Crippen LogP contribution in [-0.2, 0) is 14.3 Å². The fourth-order valence-corrected chi connectivity index (χ4v) is 2.73. The summed E-state index contributed by atoms with van der Waals surface area (Å²) in [6.07, 6.45) is 2.56. The van der Waals surface area contributed by atoms with Gasteiger partial charge < -0.3 is 20.4 Å². The maximum Gasteiger partial charge on any atom is 0.337 e. The molecule has 108 valence electrons. The third kappa shape index (κ3) is 2.03. The van der Waals surface area contributed by atoms with Gasteiger partial charge >= 0.3 is 11.9 Å². The SMILES string of the molecule is CC1=C(C(=O)O)C(c2ccc[n+]([O-])c2)C2=C(COC2=O)N1. The fourth-order valence-electron chi connectivity index (χ4n) is 2.73. The molecule has 7 nitrogen and oxygen atoms in total. The summed E-state index contributed by atoms with van der Waals surface area (Å²) in [5, 5.41) is 23.8. The lowest BCUT2D eigenvalue weighted by molar-refractivity contribution is -0.605. The van der Waals surface area contributed by atoms with Gasteiger partial charge in [0.05, 0.1) is 22.8 Å². The van der Waals surface area contributed by atoms with E-state index in [0.717, 1.165) is 0 Å². The van der Waals surface area contributed by atoms with Gasteiger partial charge in [0.2, 0.25) is 0 Å². The number of pyridine rings is 1. The first kappa shape index (κ1) is 13.2. The normalized spacial score (nSPS) is 21.0. The van der Waals surface area contributed by atoms with Gasteiger partial charge in [0.25, 0.3) is 0 Å². The summed E-state index contributed by atoms with van der Waals surface area (Å²) in [5.41, 5.74) is 1.72.